The molecule has 0 aliphatic rings. The molecule has 0 radical (unpaired) electrons. The van der Waals surface area contributed by atoms with Gasteiger partial charge < -0.3 is 19.5 Å². The second-order valence-corrected chi connectivity index (χ2v) is 6.46. The van der Waals surface area contributed by atoms with Crippen LogP contribution in [-0.4, -0.2) is 38.2 Å². The molecule has 1 N–H and O–H groups in total. The van der Waals surface area contributed by atoms with Crippen LogP contribution in [0.1, 0.15) is 38.1 Å². The first kappa shape index (κ1) is 20.3. The third-order valence-corrected chi connectivity index (χ3v) is 3.68. The van der Waals surface area contributed by atoms with Gasteiger partial charge in [-0.05, 0) is 47.8 Å². The van der Waals surface area contributed by atoms with E-state index in [1.54, 1.807) is 6.07 Å². The summed E-state index contributed by atoms with van der Waals surface area (Å²) in [4.78, 5) is 24.2. The highest BCUT2D eigenvalue weighted by molar-refractivity contribution is 9.10. The Balaban J connectivity index is 2.84. The Hall–Kier alpha value is -1.76. The Kier molecular flexibility index (Phi) is 8.04. The van der Waals surface area contributed by atoms with E-state index in [2.05, 4.69) is 21.2 Å². The molecule has 0 aliphatic carbocycles. The standard InChI is InChI=1S/C17H24BrNO5/c1-6-23-15-13(18)7-12(8-14(15)22-5)17(21)24-11(4)16(20)19-9-10(2)3/h7-8,10-11H,6,9H2,1-5H3,(H,19,20)/t11-/m0/s1. The van der Waals surface area contributed by atoms with Gasteiger partial charge in [0.2, 0.25) is 0 Å². The Morgan fingerprint density at radius 1 is 1.25 bits per heavy atom. The van der Waals surface area contributed by atoms with E-state index in [4.69, 9.17) is 14.2 Å². The second-order valence-electron chi connectivity index (χ2n) is 5.61. The van der Waals surface area contributed by atoms with E-state index in [-0.39, 0.29) is 11.5 Å². The SMILES string of the molecule is CCOc1c(Br)cc(C(=O)O[C@@H](C)C(=O)NCC(C)C)cc1OC. The Morgan fingerprint density at radius 2 is 1.92 bits per heavy atom. The summed E-state index contributed by atoms with van der Waals surface area (Å²) < 4.78 is 16.5. The number of hydrogen-bond donors (Lipinski definition) is 1. The summed E-state index contributed by atoms with van der Waals surface area (Å²) in [5, 5.41) is 2.73. The fraction of sp³-hybridized carbons (Fsp3) is 0.529. The molecule has 0 spiro atoms. The summed E-state index contributed by atoms with van der Waals surface area (Å²) in [6, 6.07) is 3.10. The number of esters is 1. The third-order valence-electron chi connectivity index (χ3n) is 3.09. The minimum absolute atomic E-state index is 0.269. The molecule has 0 bridgehead atoms. The molecule has 24 heavy (non-hydrogen) atoms. The van der Waals surface area contributed by atoms with Crippen LogP contribution in [0.3, 0.4) is 0 Å². The number of carbonyl (C=O) groups is 2. The van der Waals surface area contributed by atoms with Gasteiger partial charge in [-0.1, -0.05) is 13.8 Å². The topological polar surface area (TPSA) is 73.9 Å². The van der Waals surface area contributed by atoms with Crippen LogP contribution in [0.25, 0.3) is 0 Å². The van der Waals surface area contributed by atoms with E-state index in [9.17, 15) is 9.59 Å². The normalized spacial score (nSPS) is 11.8. The Morgan fingerprint density at radius 3 is 2.46 bits per heavy atom. The molecule has 0 saturated heterocycles. The summed E-state index contributed by atoms with van der Waals surface area (Å²) in [5.41, 5.74) is 0.269. The molecule has 0 heterocycles. The predicted molar refractivity (Wildman–Crippen MR) is 94.6 cm³/mol. The van der Waals surface area contributed by atoms with Crippen LogP contribution in [-0.2, 0) is 9.53 Å². The van der Waals surface area contributed by atoms with Crippen molar-refractivity contribution in [3.63, 3.8) is 0 Å². The summed E-state index contributed by atoms with van der Waals surface area (Å²) in [6.45, 7) is 8.36. The first-order valence-electron chi connectivity index (χ1n) is 7.79. The van der Waals surface area contributed by atoms with Crippen molar-refractivity contribution in [2.45, 2.75) is 33.8 Å². The first-order chi connectivity index (χ1) is 11.3. The molecule has 1 aromatic carbocycles. The van der Waals surface area contributed by atoms with Gasteiger partial charge in [0.25, 0.3) is 5.91 Å². The zero-order valence-electron chi connectivity index (χ0n) is 14.6. The third kappa shape index (κ3) is 5.70. The van der Waals surface area contributed by atoms with Crippen molar-refractivity contribution in [1.82, 2.24) is 5.32 Å². The lowest BCUT2D eigenvalue weighted by Gasteiger charge is -2.16. The number of methoxy groups -OCH3 is 1. The maximum atomic E-state index is 12.3. The van der Waals surface area contributed by atoms with Gasteiger partial charge in [0.05, 0.1) is 23.8 Å². The lowest BCUT2D eigenvalue weighted by Crippen LogP contribution is -2.37. The Bertz CT molecular complexity index is 589. The van der Waals surface area contributed by atoms with E-state index in [0.29, 0.717) is 35.0 Å². The predicted octanol–water partition coefficient (Wildman–Crippen LogP) is 3.17. The average molecular weight is 402 g/mol. The molecule has 0 aliphatic heterocycles. The van der Waals surface area contributed by atoms with Gasteiger partial charge in [0.1, 0.15) is 0 Å². The lowest BCUT2D eigenvalue weighted by atomic mass is 10.2. The largest absolute Gasteiger partial charge is 0.493 e. The van der Waals surface area contributed by atoms with Crippen molar-refractivity contribution in [3.05, 3.63) is 22.2 Å². The van der Waals surface area contributed by atoms with Crippen LogP contribution >= 0.6 is 15.9 Å². The van der Waals surface area contributed by atoms with Crippen LogP contribution in [0.15, 0.2) is 16.6 Å². The molecule has 1 amide bonds. The van der Waals surface area contributed by atoms with Crippen LogP contribution in [0, 0.1) is 5.92 Å². The van der Waals surface area contributed by atoms with Gasteiger partial charge >= 0.3 is 5.97 Å². The highest BCUT2D eigenvalue weighted by atomic mass is 79.9. The van der Waals surface area contributed by atoms with Gasteiger partial charge in [-0.15, -0.1) is 0 Å². The number of amides is 1. The molecule has 0 unspecified atom stereocenters. The van der Waals surface area contributed by atoms with Crippen molar-refractivity contribution in [3.8, 4) is 11.5 Å². The molecular weight excluding hydrogens is 378 g/mol. The van der Waals surface area contributed by atoms with Crippen molar-refractivity contribution in [2.24, 2.45) is 5.92 Å². The molecule has 6 nitrogen and oxygen atoms in total. The monoisotopic (exact) mass is 401 g/mol. The van der Waals surface area contributed by atoms with Crippen LogP contribution in [0.2, 0.25) is 0 Å². The van der Waals surface area contributed by atoms with E-state index < -0.39 is 12.1 Å². The van der Waals surface area contributed by atoms with E-state index >= 15 is 0 Å². The maximum absolute atomic E-state index is 12.3. The van der Waals surface area contributed by atoms with E-state index in [1.165, 1.54) is 20.1 Å². The smallest absolute Gasteiger partial charge is 0.339 e. The van der Waals surface area contributed by atoms with Gasteiger partial charge in [0, 0.05) is 6.54 Å². The van der Waals surface area contributed by atoms with Crippen molar-refractivity contribution in [1.29, 1.82) is 0 Å². The lowest BCUT2D eigenvalue weighted by molar-refractivity contribution is -0.129. The fourth-order valence-electron chi connectivity index (χ4n) is 1.85. The quantitative estimate of drug-likeness (QED) is 0.677. The molecule has 1 atom stereocenters. The highest BCUT2D eigenvalue weighted by Crippen LogP contribution is 2.36. The molecule has 0 fully saturated rings. The summed E-state index contributed by atoms with van der Waals surface area (Å²) in [7, 11) is 1.49. The second kappa shape index (κ2) is 9.52. The average Bonchev–Trinajstić information content (AvgIpc) is 2.53. The highest BCUT2D eigenvalue weighted by Gasteiger charge is 2.21. The molecule has 134 valence electrons. The molecule has 0 saturated carbocycles. The Labute approximate surface area is 151 Å². The summed E-state index contributed by atoms with van der Waals surface area (Å²) in [6.07, 6.45) is -0.882. The number of carbonyl (C=O) groups excluding carboxylic acids is 2. The minimum Gasteiger partial charge on any atom is -0.493 e. The fourth-order valence-corrected chi connectivity index (χ4v) is 2.41. The number of ether oxygens (including phenoxy) is 3. The van der Waals surface area contributed by atoms with E-state index in [0.717, 1.165) is 0 Å². The maximum Gasteiger partial charge on any atom is 0.339 e. The van der Waals surface area contributed by atoms with Gasteiger partial charge in [-0.2, -0.15) is 0 Å². The first-order valence-corrected chi connectivity index (χ1v) is 8.58. The molecule has 7 heteroatoms. The van der Waals surface area contributed by atoms with Gasteiger partial charge in [-0.25, -0.2) is 4.79 Å². The van der Waals surface area contributed by atoms with Crippen LogP contribution in [0.5, 0.6) is 11.5 Å². The van der Waals surface area contributed by atoms with Crippen molar-refractivity contribution < 1.29 is 23.8 Å². The van der Waals surface area contributed by atoms with Crippen LogP contribution < -0.4 is 14.8 Å². The number of halogens is 1. The van der Waals surface area contributed by atoms with Crippen molar-refractivity contribution >= 4 is 27.8 Å². The van der Waals surface area contributed by atoms with Crippen LogP contribution in [0.4, 0.5) is 0 Å². The summed E-state index contributed by atoms with van der Waals surface area (Å²) >= 11 is 3.35. The number of nitrogens with one attached hydrogen (secondary N) is 1. The van der Waals surface area contributed by atoms with Crippen molar-refractivity contribution in [2.75, 3.05) is 20.3 Å². The number of hydrogen-bond acceptors (Lipinski definition) is 5. The zero-order chi connectivity index (χ0) is 18.3. The molecule has 1 aromatic rings. The minimum atomic E-state index is -0.882. The van der Waals surface area contributed by atoms with E-state index in [1.807, 2.05) is 20.8 Å². The molecule has 1 rings (SSSR count). The van der Waals surface area contributed by atoms with Gasteiger partial charge in [0.15, 0.2) is 17.6 Å². The number of benzene rings is 1. The molecule has 0 aromatic heterocycles. The molecular formula is C17H24BrNO5. The zero-order valence-corrected chi connectivity index (χ0v) is 16.2. The van der Waals surface area contributed by atoms with Gasteiger partial charge in [-0.3, -0.25) is 4.79 Å². The number of rotatable bonds is 8. The summed E-state index contributed by atoms with van der Waals surface area (Å²) in [5.74, 6) is 0.316.